The standard InChI is InChI=1S/C13H16N4O2/c1-17-11(5-8-16-17)4-7-15-12-9-10(3-6-14-12)13(18)19-2/h3,5-6,8-9H,4,7H2,1-2H3,(H,14,15). The summed E-state index contributed by atoms with van der Waals surface area (Å²) in [5, 5.41) is 7.27. The van der Waals surface area contributed by atoms with Gasteiger partial charge in [0, 0.05) is 38.1 Å². The number of anilines is 1. The highest BCUT2D eigenvalue weighted by Gasteiger charge is 2.06. The lowest BCUT2D eigenvalue weighted by Crippen LogP contribution is -2.10. The van der Waals surface area contributed by atoms with Crippen molar-refractivity contribution in [3.8, 4) is 0 Å². The van der Waals surface area contributed by atoms with Gasteiger partial charge in [0.05, 0.1) is 12.7 Å². The van der Waals surface area contributed by atoms with E-state index in [2.05, 4.69) is 20.1 Å². The number of hydrogen-bond donors (Lipinski definition) is 1. The highest BCUT2D eigenvalue weighted by molar-refractivity contribution is 5.89. The molecule has 0 saturated carbocycles. The number of hydrogen-bond acceptors (Lipinski definition) is 5. The summed E-state index contributed by atoms with van der Waals surface area (Å²) in [7, 11) is 3.27. The average molecular weight is 260 g/mol. The fraction of sp³-hybridized carbons (Fsp3) is 0.308. The van der Waals surface area contributed by atoms with Crippen LogP contribution in [-0.4, -0.2) is 34.4 Å². The molecule has 0 atom stereocenters. The molecule has 100 valence electrons. The van der Waals surface area contributed by atoms with E-state index in [9.17, 15) is 4.79 Å². The van der Waals surface area contributed by atoms with Crippen LogP contribution in [0.15, 0.2) is 30.6 Å². The minimum atomic E-state index is -0.364. The Balaban J connectivity index is 1.93. The maximum Gasteiger partial charge on any atom is 0.338 e. The predicted octanol–water partition coefficient (Wildman–Crippen LogP) is 1.26. The number of esters is 1. The third-order valence-corrected chi connectivity index (χ3v) is 2.79. The van der Waals surface area contributed by atoms with Gasteiger partial charge in [0.25, 0.3) is 0 Å². The number of pyridine rings is 1. The Kier molecular flexibility index (Phi) is 4.12. The number of carbonyl (C=O) groups is 1. The van der Waals surface area contributed by atoms with E-state index in [4.69, 9.17) is 0 Å². The monoisotopic (exact) mass is 260 g/mol. The second-order valence-corrected chi connectivity index (χ2v) is 4.04. The first kappa shape index (κ1) is 13.1. The van der Waals surface area contributed by atoms with E-state index in [0.29, 0.717) is 11.4 Å². The summed E-state index contributed by atoms with van der Waals surface area (Å²) in [5.41, 5.74) is 1.62. The average Bonchev–Trinajstić information content (AvgIpc) is 2.84. The largest absolute Gasteiger partial charge is 0.465 e. The molecule has 2 rings (SSSR count). The zero-order valence-electron chi connectivity index (χ0n) is 11.0. The molecule has 0 aliphatic heterocycles. The fourth-order valence-electron chi connectivity index (χ4n) is 1.74. The van der Waals surface area contributed by atoms with Crippen LogP contribution in [0, 0.1) is 0 Å². The second kappa shape index (κ2) is 5.99. The van der Waals surface area contributed by atoms with Crippen LogP contribution >= 0.6 is 0 Å². The summed E-state index contributed by atoms with van der Waals surface area (Å²) >= 11 is 0. The highest BCUT2D eigenvalue weighted by Crippen LogP contribution is 2.08. The zero-order valence-corrected chi connectivity index (χ0v) is 11.0. The van der Waals surface area contributed by atoms with Crippen molar-refractivity contribution in [2.24, 2.45) is 7.05 Å². The number of aromatic nitrogens is 3. The molecule has 0 saturated heterocycles. The maximum atomic E-state index is 11.4. The van der Waals surface area contributed by atoms with Crippen LogP contribution in [0.5, 0.6) is 0 Å². The fourth-order valence-corrected chi connectivity index (χ4v) is 1.74. The minimum absolute atomic E-state index is 0.364. The molecular formula is C13H16N4O2. The smallest absolute Gasteiger partial charge is 0.338 e. The van der Waals surface area contributed by atoms with Crippen molar-refractivity contribution in [2.45, 2.75) is 6.42 Å². The van der Waals surface area contributed by atoms with Crippen LogP contribution in [-0.2, 0) is 18.2 Å². The molecule has 6 nitrogen and oxygen atoms in total. The third-order valence-electron chi connectivity index (χ3n) is 2.79. The van der Waals surface area contributed by atoms with Gasteiger partial charge in [-0.15, -0.1) is 0 Å². The van der Waals surface area contributed by atoms with Crippen LogP contribution in [0.2, 0.25) is 0 Å². The van der Waals surface area contributed by atoms with Crippen molar-refractivity contribution in [1.82, 2.24) is 14.8 Å². The lowest BCUT2D eigenvalue weighted by atomic mass is 10.2. The number of carbonyl (C=O) groups excluding carboxylic acids is 1. The highest BCUT2D eigenvalue weighted by atomic mass is 16.5. The van der Waals surface area contributed by atoms with E-state index < -0.39 is 0 Å². The van der Waals surface area contributed by atoms with E-state index in [-0.39, 0.29) is 5.97 Å². The number of aryl methyl sites for hydroxylation is 1. The van der Waals surface area contributed by atoms with Gasteiger partial charge in [-0.2, -0.15) is 5.10 Å². The van der Waals surface area contributed by atoms with E-state index in [0.717, 1.165) is 18.7 Å². The second-order valence-electron chi connectivity index (χ2n) is 4.04. The van der Waals surface area contributed by atoms with Crippen molar-refractivity contribution in [3.63, 3.8) is 0 Å². The van der Waals surface area contributed by atoms with Crippen molar-refractivity contribution in [1.29, 1.82) is 0 Å². The molecule has 2 aromatic rings. The van der Waals surface area contributed by atoms with E-state index in [1.54, 1.807) is 24.5 Å². The topological polar surface area (TPSA) is 69.0 Å². The molecule has 0 aliphatic rings. The van der Waals surface area contributed by atoms with Crippen LogP contribution in [0.4, 0.5) is 5.82 Å². The van der Waals surface area contributed by atoms with Gasteiger partial charge in [-0.25, -0.2) is 9.78 Å². The van der Waals surface area contributed by atoms with E-state index in [1.807, 2.05) is 17.8 Å². The Labute approximate surface area is 111 Å². The molecule has 19 heavy (non-hydrogen) atoms. The van der Waals surface area contributed by atoms with Gasteiger partial charge in [-0.05, 0) is 18.2 Å². The Morgan fingerprint density at radius 2 is 2.26 bits per heavy atom. The molecule has 0 bridgehead atoms. The number of methoxy groups -OCH3 is 1. The van der Waals surface area contributed by atoms with Crippen molar-refractivity contribution >= 4 is 11.8 Å². The third kappa shape index (κ3) is 3.31. The Morgan fingerprint density at radius 3 is 2.95 bits per heavy atom. The molecule has 0 radical (unpaired) electrons. The molecular weight excluding hydrogens is 244 g/mol. The Bertz CT molecular complexity index is 565. The molecule has 0 fully saturated rings. The first-order valence-electron chi connectivity index (χ1n) is 5.96. The lowest BCUT2D eigenvalue weighted by molar-refractivity contribution is 0.0600. The quantitative estimate of drug-likeness (QED) is 0.819. The molecule has 2 heterocycles. The van der Waals surface area contributed by atoms with Gasteiger partial charge >= 0.3 is 5.97 Å². The van der Waals surface area contributed by atoms with Crippen molar-refractivity contribution in [2.75, 3.05) is 19.0 Å². The number of rotatable bonds is 5. The van der Waals surface area contributed by atoms with Crippen molar-refractivity contribution in [3.05, 3.63) is 41.9 Å². The molecule has 6 heteroatoms. The summed E-state index contributed by atoms with van der Waals surface area (Å²) in [5.74, 6) is 0.294. The molecule has 0 aromatic carbocycles. The molecule has 0 unspecified atom stereocenters. The van der Waals surface area contributed by atoms with Crippen LogP contribution in [0.1, 0.15) is 16.1 Å². The number of nitrogens with zero attached hydrogens (tertiary/aromatic N) is 3. The molecule has 1 N–H and O–H groups in total. The van der Waals surface area contributed by atoms with Crippen LogP contribution in [0.25, 0.3) is 0 Å². The normalized spacial score (nSPS) is 10.2. The van der Waals surface area contributed by atoms with Gasteiger partial charge in [0.2, 0.25) is 0 Å². The van der Waals surface area contributed by atoms with Gasteiger partial charge in [-0.3, -0.25) is 4.68 Å². The summed E-state index contributed by atoms with van der Waals surface area (Å²) in [6, 6.07) is 5.27. The van der Waals surface area contributed by atoms with E-state index in [1.165, 1.54) is 7.11 Å². The zero-order chi connectivity index (χ0) is 13.7. The summed E-state index contributed by atoms with van der Waals surface area (Å²) in [6.45, 7) is 0.719. The molecule has 0 spiro atoms. The molecule has 2 aromatic heterocycles. The first-order valence-corrected chi connectivity index (χ1v) is 5.96. The predicted molar refractivity (Wildman–Crippen MR) is 71.0 cm³/mol. The van der Waals surface area contributed by atoms with Gasteiger partial charge in [0.1, 0.15) is 5.82 Å². The summed E-state index contributed by atoms with van der Waals surface area (Å²) in [4.78, 5) is 15.5. The Morgan fingerprint density at radius 1 is 1.42 bits per heavy atom. The maximum absolute atomic E-state index is 11.4. The molecule has 0 amide bonds. The minimum Gasteiger partial charge on any atom is -0.465 e. The summed E-state index contributed by atoms with van der Waals surface area (Å²) in [6.07, 6.45) is 4.19. The van der Waals surface area contributed by atoms with Crippen molar-refractivity contribution < 1.29 is 9.53 Å². The van der Waals surface area contributed by atoms with E-state index >= 15 is 0 Å². The van der Waals surface area contributed by atoms with Gasteiger partial charge in [-0.1, -0.05) is 0 Å². The lowest BCUT2D eigenvalue weighted by Gasteiger charge is -2.07. The SMILES string of the molecule is COC(=O)c1ccnc(NCCc2ccnn2C)c1. The Hall–Kier alpha value is -2.37. The van der Waals surface area contributed by atoms with Crippen LogP contribution < -0.4 is 5.32 Å². The van der Waals surface area contributed by atoms with Gasteiger partial charge < -0.3 is 10.1 Å². The summed E-state index contributed by atoms with van der Waals surface area (Å²) < 4.78 is 6.50. The number of ether oxygens (including phenoxy) is 1. The number of nitrogens with one attached hydrogen (secondary N) is 1. The van der Waals surface area contributed by atoms with Crippen LogP contribution in [0.3, 0.4) is 0 Å². The first-order chi connectivity index (χ1) is 9.20. The van der Waals surface area contributed by atoms with Gasteiger partial charge in [0.15, 0.2) is 0 Å². The molecule has 0 aliphatic carbocycles.